The summed E-state index contributed by atoms with van der Waals surface area (Å²) in [7, 11) is 0. The number of halogens is 1. The van der Waals surface area contributed by atoms with E-state index in [0.717, 1.165) is 12.8 Å². The number of hydrogen-bond donors (Lipinski definition) is 1. The average Bonchev–Trinajstić information content (AvgIpc) is 2.39. The van der Waals surface area contributed by atoms with E-state index in [9.17, 15) is 13.6 Å². The molecule has 2 rings (SSSR count). The second-order valence-electron chi connectivity index (χ2n) is 4.51. The van der Waals surface area contributed by atoms with Crippen molar-refractivity contribution >= 4 is 28.6 Å². The van der Waals surface area contributed by atoms with Gasteiger partial charge in [-0.2, -0.15) is 0 Å². The van der Waals surface area contributed by atoms with Crippen LogP contribution < -0.4 is 5.73 Å². The van der Waals surface area contributed by atoms with Crippen molar-refractivity contribution in [2.24, 2.45) is 5.73 Å². The molecule has 1 aliphatic heterocycles. The fraction of sp³-hybridized carbons (Fsp3) is 0.417. The summed E-state index contributed by atoms with van der Waals surface area (Å²) in [5, 5.41) is 0.116. The molecule has 0 saturated carbocycles. The van der Waals surface area contributed by atoms with E-state index in [1.165, 1.54) is 18.2 Å². The van der Waals surface area contributed by atoms with Gasteiger partial charge in [0, 0.05) is 29.6 Å². The van der Waals surface area contributed by atoms with Gasteiger partial charge in [-0.1, -0.05) is 11.6 Å². The van der Waals surface area contributed by atoms with Crippen LogP contribution in [0.2, 0.25) is 5.02 Å². The van der Waals surface area contributed by atoms with Gasteiger partial charge in [-0.3, -0.25) is 9.00 Å². The number of benzene rings is 1. The Morgan fingerprint density at radius 1 is 1.42 bits per heavy atom. The highest BCUT2D eigenvalue weighted by Crippen LogP contribution is 2.22. The highest BCUT2D eigenvalue weighted by atomic mass is 35.5. The molecular formula is C12H14ClN2O3S-. The first-order valence-electron chi connectivity index (χ1n) is 5.92. The Labute approximate surface area is 119 Å². The first kappa shape index (κ1) is 14.5. The van der Waals surface area contributed by atoms with Gasteiger partial charge in [0.1, 0.15) is 0 Å². The molecule has 1 aromatic rings. The Hall–Kier alpha value is -0.950. The topological polar surface area (TPSA) is 86.5 Å². The molecule has 1 atom stereocenters. The summed E-state index contributed by atoms with van der Waals surface area (Å²) >= 11 is 3.32. The molecule has 0 aliphatic carbocycles. The van der Waals surface area contributed by atoms with Crippen LogP contribution in [0.3, 0.4) is 0 Å². The Kier molecular flexibility index (Phi) is 4.57. The van der Waals surface area contributed by atoms with Gasteiger partial charge in [0.15, 0.2) is 0 Å². The van der Waals surface area contributed by atoms with Gasteiger partial charge in [0.05, 0.1) is 5.02 Å². The van der Waals surface area contributed by atoms with Gasteiger partial charge in [0.2, 0.25) is 0 Å². The van der Waals surface area contributed by atoms with Gasteiger partial charge in [-0.15, -0.1) is 0 Å². The molecule has 1 heterocycles. The maximum absolute atomic E-state index is 12.2. The number of carbonyl (C=O) groups is 1. The average molecular weight is 302 g/mol. The zero-order valence-electron chi connectivity index (χ0n) is 10.2. The van der Waals surface area contributed by atoms with E-state index in [2.05, 4.69) is 0 Å². The van der Waals surface area contributed by atoms with E-state index >= 15 is 0 Å². The quantitative estimate of drug-likeness (QED) is 0.830. The predicted molar refractivity (Wildman–Crippen MR) is 71.8 cm³/mol. The molecule has 0 aromatic heterocycles. The van der Waals surface area contributed by atoms with E-state index in [0.29, 0.717) is 18.7 Å². The minimum Gasteiger partial charge on any atom is -0.768 e. The molecule has 7 heteroatoms. The fourth-order valence-electron chi connectivity index (χ4n) is 2.05. The number of nitrogens with zero attached hydrogens (tertiary/aromatic N) is 1. The SMILES string of the molecule is NC1CCN(C(=O)c2ccc(Cl)c(S(=O)[O-])c2)CC1. The van der Waals surface area contributed by atoms with Crippen molar-refractivity contribution in [3.8, 4) is 0 Å². The Morgan fingerprint density at radius 2 is 2.05 bits per heavy atom. The summed E-state index contributed by atoms with van der Waals surface area (Å²) in [6.45, 7) is 1.19. The largest absolute Gasteiger partial charge is 0.768 e. The van der Waals surface area contributed by atoms with E-state index < -0.39 is 11.1 Å². The molecule has 19 heavy (non-hydrogen) atoms. The second kappa shape index (κ2) is 6.00. The lowest BCUT2D eigenvalue weighted by Gasteiger charge is -2.30. The zero-order chi connectivity index (χ0) is 14.0. The monoisotopic (exact) mass is 301 g/mol. The molecule has 0 bridgehead atoms. The maximum Gasteiger partial charge on any atom is 0.253 e. The molecule has 0 radical (unpaired) electrons. The van der Waals surface area contributed by atoms with Crippen molar-refractivity contribution < 1.29 is 13.6 Å². The molecule has 1 fully saturated rings. The third-order valence-electron chi connectivity index (χ3n) is 3.18. The number of amides is 1. The van der Waals surface area contributed by atoms with E-state index in [1.807, 2.05) is 0 Å². The molecule has 2 N–H and O–H groups in total. The first-order valence-corrected chi connectivity index (χ1v) is 7.38. The third-order valence-corrected chi connectivity index (χ3v) is 4.32. The highest BCUT2D eigenvalue weighted by molar-refractivity contribution is 7.79. The van der Waals surface area contributed by atoms with Crippen LogP contribution in [0.1, 0.15) is 23.2 Å². The lowest BCUT2D eigenvalue weighted by atomic mass is 10.0. The minimum atomic E-state index is -2.45. The molecule has 104 valence electrons. The van der Waals surface area contributed by atoms with E-state index in [1.54, 1.807) is 4.90 Å². The molecule has 5 nitrogen and oxygen atoms in total. The standard InChI is InChI=1S/C12H15ClN2O3S/c13-10-2-1-8(7-11(10)19(17)18)12(16)15-5-3-9(14)4-6-15/h1-2,7,9H,3-6,14H2,(H,17,18)/p-1. The number of hydrogen-bond acceptors (Lipinski definition) is 4. The number of carbonyl (C=O) groups excluding carboxylic acids is 1. The predicted octanol–water partition coefficient (Wildman–Crippen LogP) is 1.14. The maximum atomic E-state index is 12.2. The summed E-state index contributed by atoms with van der Waals surface area (Å²) in [5.74, 6) is -0.185. The molecule has 1 amide bonds. The van der Waals surface area contributed by atoms with Crippen molar-refractivity contribution in [1.82, 2.24) is 4.90 Å². The first-order chi connectivity index (χ1) is 8.99. The lowest BCUT2D eigenvalue weighted by molar-refractivity contribution is 0.0714. The van der Waals surface area contributed by atoms with Crippen molar-refractivity contribution in [3.05, 3.63) is 28.8 Å². The van der Waals surface area contributed by atoms with Crippen molar-refractivity contribution in [2.45, 2.75) is 23.8 Å². The van der Waals surface area contributed by atoms with Crippen LogP contribution in [0.15, 0.2) is 23.1 Å². The van der Waals surface area contributed by atoms with E-state index in [-0.39, 0.29) is 21.9 Å². The van der Waals surface area contributed by atoms with Crippen molar-refractivity contribution in [2.75, 3.05) is 13.1 Å². The zero-order valence-corrected chi connectivity index (χ0v) is 11.7. The Bertz CT molecular complexity index is 516. The number of piperidine rings is 1. The Balaban J connectivity index is 2.20. The summed E-state index contributed by atoms with van der Waals surface area (Å²) in [6, 6.07) is 4.41. The normalized spacial score (nSPS) is 18.4. The smallest absolute Gasteiger partial charge is 0.253 e. The number of likely N-dealkylation sites (tertiary alicyclic amines) is 1. The van der Waals surface area contributed by atoms with E-state index in [4.69, 9.17) is 17.3 Å². The molecule has 1 unspecified atom stereocenters. The number of rotatable bonds is 2. The summed E-state index contributed by atoms with van der Waals surface area (Å²) in [5.41, 5.74) is 6.12. The summed E-state index contributed by atoms with van der Waals surface area (Å²) < 4.78 is 22.0. The molecular weight excluding hydrogens is 288 g/mol. The third kappa shape index (κ3) is 3.33. The van der Waals surface area contributed by atoms with Crippen LogP contribution in [0.5, 0.6) is 0 Å². The van der Waals surface area contributed by atoms with Crippen molar-refractivity contribution in [1.29, 1.82) is 0 Å². The van der Waals surface area contributed by atoms with Crippen LogP contribution in [0, 0.1) is 0 Å². The van der Waals surface area contributed by atoms with Crippen molar-refractivity contribution in [3.63, 3.8) is 0 Å². The van der Waals surface area contributed by atoms with Gasteiger partial charge in [-0.25, -0.2) is 0 Å². The lowest BCUT2D eigenvalue weighted by Crippen LogP contribution is -2.42. The molecule has 1 saturated heterocycles. The highest BCUT2D eigenvalue weighted by Gasteiger charge is 2.22. The van der Waals surface area contributed by atoms with Gasteiger partial charge in [0.25, 0.3) is 5.91 Å². The molecule has 1 aromatic carbocycles. The van der Waals surface area contributed by atoms with Crippen LogP contribution in [-0.4, -0.2) is 38.7 Å². The summed E-state index contributed by atoms with van der Waals surface area (Å²) in [6.07, 6.45) is 1.53. The fourth-order valence-corrected chi connectivity index (χ4v) is 2.81. The van der Waals surface area contributed by atoms with Crippen LogP contribution in [0.4, 0.5) is 0 Å². The van der Waals surface area contributed by atoms with Crippen LogP contribution in [-0.2, 0) is 11.1 Å². The van der Waals surface area contributed by atoms with Gasteiger partial charge < -0.3 is 15.2 Å². The minimum absolute atomic E-state index is 0.0544. The second-order valence-corrected chi connectivity index (χ2v) is 5.83. The molecule has 0 spiro atoms. The molecule has 1 aliphatic rings. The summed E-state index contributed by atoms with van der Waals surface area (Å²) in [4.78, 5) is 13.9. The van der Waals surface area contributed by atoms with Crippen LogP contribution >= 0.6 is 11.6 Å². The number of nitrogens with two attached hydrogens (primary N) is 1. The van der Waals surface area contributed by atoms with Gasteiger partial charge in [-0.05, 0) is 42.1 Å². The van der Waals surface area contributed by atoms with Gasteiger partial charge >= 0.3 is 0 Å². The Morgan fingerprint density at radius 3 is 2.63 bits per heavy atom. The van der Waals surface area contributed by atoms with Crippen LogP contribution in [0.25, 0.3) is 0 Å².